The molecule has 1 aromatic heterocycles. The fraction of sp³-hybridized carbons (Fsp3) is 0.700. The van der Waals surface area contributed by atoms with E-state index in [2.05, 4.69) is 41.8 Å². The van der Waals surface area contributed by atoms with Crippen molar-refractivity contribution in [2.24, 2.45) is 5.73 Å². The number of rotatable bonds is 5. The monoisotopic (exact) mass is 291 g/mol. The Morgan fingerprint density at radius 1 is 1.60 bits per heavy atom. The second-order valence-corrected chi connectivity index (χ2v) is 5.86. The van der Waals surface area contributed by atoms with Gasteiger partial charge in [-0.2, -0.15) is 16.9 Å². The van der Waals surface area contributed by atoms with Gasteiger partial charge in [0.2, 0.25) is 0 Å². The molecule has 0 aromatic carbocycles. The van der Waals surface area contributed by atoms with Crippen LogP contribution in [0.3, 0.4) is 0 Å². The largest absolute Gasteiger partial charge is 0.322 e. The molecule has 86 valence electrons. The molecular weight excluding hydrogens is 274 g/mol. The summed E-state index contributed by atoms with van der Waals surface area (Å²) in [7, 11) is 0. The average molecular weight is 292 g/mol. The molecule has 0 amide bonds. The molecule has 0 spiro atoms. The third kappa shape index (κ3) is 3.23. The van der Waals surface area contributed by atoms with Crippen LogP contribution in [0.4, 0.5) is 0 Å². The predicted molar refractivity (Wildman–Crippen MR) is 70.2 cm³/mol. The smallest absolute Gasteiger partial charge is 0.0704 e. The topological polar surface area (TPSA) is 43.8 Å². The SMILES string of the molecule is CCSCC(N)c1c(Br)cnn1C(C)C. The first-order chi connectivity index (χ1) is 7.07. The van der Waals surface area contributed by atoms with Gasteiger partial charge in [-0.05, 0) is 35.5 Å². The van der Waals surface area contributed by atoms with E-state index >= 15 is 0 Å². The summed E-state index contributed by atoms with van der Waals surface area (Å²) in [4.78, 5) is 0. The van der Waals surface area contributed by atoms with E-state index in [0.717, 1.165) is 21.7 Å². The van der Waals surface area contributed by atoms with Crippen LogP contribution >= 0.6 is 27.7 Å². The lowest BCUT2D eigenvalue weighted by atomic mass is 10.2. The maximum absolute atomic E-state index is 6.15. The standard InChI is InChI=1S/C10H18BrN3S/c1-4-15-6-9(12)10-8(11)5-13-14(10)7(2)3/h5,7,9H,4,6,12H2,1-3H3. The summed E-state index contributed by atoms with van der Waals surface area (Å²) in [5, 5.41) is 4.32. The number of halogens is 1. The zero-order valence-electron chi connectivity index (χ0n) is 9.40. The Bertz CT molecular complexity index is 312. The minimum atomic E-state index is 0.0502. The zero-order valence-corrected chi connectivity index (χ0v) is 11.8. The molecule has 1 unspecified atom stereocenters. The molecule has 3 nitrogen and oxygen atoms in total. The molecule has 0 saturated heterocycles. The molecule has 15 heavy (non-hydrogen) atoms. The molecule has 2 N–H and O–H groups in total. The van der Waals surface area contributed by atoms with Gasteiger partial charge in [-0.1, -0.05) is 6.92 Å². The Kier molecular flexibility index (Phi) is 5.15. The summed E-state index contributed by atoms with van der Waals surface area (Å²) in [5.74, 6) is 2.04. The van der Waals surface area contributed by atoms with Crippen LogP contribution < -0.4 is 5.73 Å². The van der Waals surface area contributed by atoms with E-state index in [0.29, 0.717) is 6.04 Å². The van der Waals surface area contributed by atoms with Crippen molar-refractivity contribution < 1.29 is 0 Å². The van der Waals surface area contributed by atoms with Crippen LogP contribution in [-0.2, 0) is 0 Å². The van der Waals surface area contributed by atoms with E-state index in [1.54, 1.807) is 0 Å². The van der Waals surface area contributed by atoms with E-state index < -0.39 is 0 Å². The Morgan fingerprint density at radius 3 is 2.80 bits per heavy atom. The lowest BCUT2D eigenvalue weighted by Crippen LogP contribution is -2.20. The first kappa shape index (κ1) is 13.1. The molecule has 0 radical (unpaired) electrons. The maximum Gasteiger partial charge on any atom is 0.0704 e. The lowest BCUT2D eigenvalue weighted by molar-refractivity contribution is 0.494. The molecule has 1 aromatic rings. The number of nitrogens with zero attached hydrogens (tertiary/aromatic N) is 2. The fourth-order valence-electron chi connectivity index (χ4n) is 1.43. The van der Waals surface area contributed by atoms with Crippen LogP contribution in [0, 0.1) is 0 Å². The van der Waals surface area contributed by atoms with Crippen LogP contribution in [0.5, 0.6) is 0 Å². The van der Waals surface area contributed by atoms with Gasteiger partial charge in [0, 0.05) is 11.8 Å². The van der Waals surface area contributed by atoms with Crippen LogP contribution in [0.1, 0.15) is 38.5 Å². The number of hydrogen-bond acceptors (Lipinski definition) is 3. The minimum absolute atomic E-state index is 0.0502. The molecule has 1 heterocycles. The van der Waals surface area contributed by atoms with Crippen molar-refractivity contribution in [2.75, 3.05) is 11.5 Å². The third-order valence-corrected chi connectivity index (χ3v) is 3.74. The molecule has 0 aliphatic heterocycles. The summed E-state index contributed by atoms with van der Waals surface area (Å²) < 4.78 is 3.01. The summed E-state index contributed by atoms with van der Waals surface area (Å²) in [6.07, 6.45) is 1.83. The first-order valence-corrected chi connectivity index (χ1v) is 7.08. The van der Waals surface area contributed by atoms with Crippen molar-refractivity contribution in [3.05, 3.63) is 16.4 Å². The quantitative estimate of drug-likeness (QED) is 0.907. The molecule has 5 heteroatoms. The Morgan fingerprint density at radius 2 is 2.27 bits per heavy atom. The normalized spacial score (nSPS) is 13.5. The number of aromatic nitrogens is 2. The third-order valence-electron chi connectivity index (χ3n) is 2.13. The zero-order chi connectivity index (χ0) is 11.4. The van der Waals surface area contributed by atoms with Crippen molar-refractivity contribution >= 4 is 27.7 Å². The van der Waals surface area contributed by atoms with Crippen LogP contribution in [0.15, 0.2) is 10.7 Å². The molecule has 0 fully saturated rings. The second kappa shape index (κ2) is 5.92. The van der Waals surface area contributed by atoms with Gasteiger partial charge in [-0.25, -0.2) is 0 Å². The van der Waals surface area contributed by atoms with E-state index in [9.17, 15) is 0 Å². The van der Waals surface area contributed by atoms with E-state index in [1.807, 2.05) is 22.6 Å². The summed E-state index contributed by atoms with van der Waals surface area (Å²) in [6, 6.07) is 0.401. The highest BCUT2D eigenvalue weighted by Gasteiger charge is 2.17. The van der Waals surface area contributed by atoms with Crippen LogP contribution in [0.2, 0.25) is 0 Å². The minimum Gasteiger partial charge on any atom is -0.322 e. The van der Waals surface area contributed by atoms with Crippen LogP contribution in [-0.4, -0.2) is 21.3 Å². The molecule has 0 saturated carbocycles. The number of nitrogens with two attached hydrogens (primary N) is 1. The van der Waals surface area contributed by atoms with Gasteiger partial charge in [0.05, 0.1) is 22.4 Å². The first-order valence-electron chi connectivity index (χ1n) is 5.14. The van der Waals surface area contributed by atoms with Gasteiger partial charge in [-0.15, -0.1) is 0 Å². The summed E-state index contributed by atoms with van der Waals surface area (Å²) in [6.45, 7) is 6.37. The number of hydrogen-bond donors (Lipinski definition) is 1. The molecule has 0 bridgehead atoms. The Hall–Kier alpha value is 0. The van der Waals surface area contributed by atoms with E-state index in [4.69, 9.17) is 5.73 Å². The maximum atomic E-state index is 6.15. The van der Waals surface area contributed by atoms with Crippen molar-refractivity contribution in [3.63, 3.8) is 0 Å². The highest BCUT2D eigenvalue weighted by Crippen LogP contribution is 2.26. The number of thioether (sulfide) groups is 1. The van der Waals surface area contributed by atoms with Crippen molar-refractivity contribution in [3.8, 4) is 0 Å². The second-order valence-electron chi connectivity index (χ2n) is 3.68. The molecular formula is C10H18BrN3S. The van der Waals surface area contributed by atoms with Gasteiger partial charge in [0.25, 0.3) is 0 Å². The Labute approximate surface area is 104 Å². The molecule has 1 atom stereocenters. The van der Waals surface area contributed by atoms with Gasteiger partial charge in [0.1, 0.15) is 0 Å². The molecule has 0 aliphatic rings. The fourth-order valence-corrected chi connectivity index (χ4v) is 2.65. The average Bonchev–Trinajstić information content (AvgIpc) is 2.56. The van der Waals surface area contributed by atoms with Crippen molar-refractivity contribution in [1.82, 2.24) is 9.78 Å². The highest BCUT2D eigenvalue weighted by molar-refractivity contribution is 9.10. The van der Waals surface area contributed by atoms with Crippen LogP contribution in [0.25, 0.3) is 0 Å². The van der Waals surface area contributed by atoms with Crippen molar-refractivity contribution in [1.29, 1.82) is 0 Å². The van der Waals surface area contributed by atoms with Gasteiger partial charge in [-0.3, -0.25) is 4.68 Å². The van der Waals surface area contributed by atoms with E-state index in [-0.39, 0.29) is 6.04 Å². The highest BCUT2D eigenvalue weighted by atomic mass is 79.9. The lowest BCUT2D eigenvalue weighted by Gasteiger charge is -2.16. The van der Waals surface area contributed by atoms with Gasteiger partial charge < -0.3 is 5.73 Å². The summed E-state index contributed by atoms with van der Waals surface area (Å²) in [5.41, 5.74) is 7.26. The molecule has 0 aliphatic carbocycles. The Balaban J connectivity index is 2.85. The summed E-state index contributed by atoms with van der Waals surface area (Å²) >= 11 is 5.36. The molecule has 1 rings (SSSR count). The van der Waals surface area contributed by atoms with Gasteiger partial charge in [0.15, 0.2) is 0 Å². The van der Waals surface area contributed by atoms with Crippen molar-refractivity contribution in [2.45, 2.75) is 32.9 Å². The van der Waals surface area contributed by atoms with E-state index in [1.165, 1.54) is 0 Å². The van der Waals surface area contributed by atoms with Gasteiger partial charge >= 0.3 is 0 Å². The predicted octanol–water partition coefficient (Wildman–Crippen LogP) is 2.98.